The Morgan fingerprint density at radius 1 is 1.16 bits per heavy atom. The second-order valence-electron chi connectivity index (χ2n) is 4.59. The van der Waals surface area contributed by atoms with Crippen LogP contribution in [0.2, 0.25) is 0 Å². The molecule has 1 N–H and O–H groups in total. The molecule has 3 nitrogen and oxygen atoms in total. The number of nitrogens with zero attached hydrogens (tertiary/aromatic N) is 1. The molecule has 0 spiro atoms. The van der Waals surface area contributed by atoms with E-state index in [4.69, 9.17) is 9.84 Å². The Morgan fingerprint density at radius 2 is 1.79 bits per heavy atom. The van der Waals surface area contributed by atoms with E-state index in [9.17, 15) is 8.78 Å². The zero-order chi connectivity index (χ0) is 14.3. The summed E-state index contributed by atoms with van der Waals surface area (Å²) in [6.07, 6.45) is -2.40. The van der Waals surface area contributed by atoms with E-state index in [1.165, 1.54) is 4.90 Å². The first-order valence-corrected chi connectivity index (χ1v) is 6.33. The number of hydrogen-bond donors (Lipinski definition) is 1. The lowest BCUT2D eigenvalue weighted by Gasteiger charge is -2.20. The standard InChI is InChI=1S/C14H21F2NO2/c1-11-7-12(2)9-13(8-11)19-6-4-17(3-5-18)10-14(15)16/h7-9,14,18H,3-6,10H2,1-2H3. The van der Waals surface area contributed by atoms with E-state index in [2.05, 4.69) is 0 Å². The summed E-state index contributed by atoms with van der Waals surface area (Å²) in [6, 6.07) is 5.87. The minimum atomic E-state index is -2.40. The summed E-state index contributed by atoms with van der Waals surface area (Å²) in [5.74, 6) is 0.749. The molecule has 0 aliphatic carbocycles. The summed E-state index contributed by atoms with van der Waals surface area (Å²) in [7, 11) is 0. The highest BCUT2D eigenvalue weighted by molar-refractivity contribution is 5.32. The Kier molecular flexibility index (Phi) is 6.73. The molecule has 1 aromatic rings. The van der Waals surface area contributed by atoms with Gasteiger partial charge in [-0.3, -0.25) is 4.90 Å². The van der Waals surface area contributed by atoms with Crippen LogP contribution < -0.4 is 4.74 Å². The normalized spacial score (nSPS) is 11.3. The molecule has 19 heavy (non-hydrogen) atoms. The van der Waals surface area contributed by atoms with Crippen molar-refractivity contribution in [1.29, 1.82) is 0 Å². The Labute approximate surface area is 112 Å². The molecule has 108 valence electrons. The molecule has 0 atom stereocenters. The number of aryl methyl sites for hydroxylation is 2. The Balaban J connectivity index is 2.42. The molecule has 5 heteroatoms. The first-order valence-electron chi connectivity index (χ1n) is 6.33. The van der Waals surface area contributed by atoms with Crippen LogP contribution in [0.5, 0.6) is 5.75 Å². The van der Waals surface area contributed by atoms with Gasteiger partial charge in [-0.2, -0.15) is 0 Å². The minimum absolute atomic E-state index is 0.129. The van der Waals surface area contributed by atoms with Crippen LogP contribution in [-0.4, -0.2) is 49.3 Å². The fourth-order valence-electron chi connectivity index (χ4n) is 1.94. The second kappa shape index (κ2) is 8.07. The Morgan fingerprint density at radius 3 is 2.32 bits per heavy atom. The van der Waals surface area contributed by atoms with Crippen molar-refractivity contribution in [2.75, 3.05) is 32.8 Å². The van der Waals surface area contributed by atoms with Crippen molar-refractivity contribution in [2.24, 2.45) is 0 Å². The lowest BCUT2D eigenvalue weighted by Crippen LogP contribution is -2.35. The van der Waals surface area contributed by atoms with Crippen LogP contribution in [0.1, 0.15) is 11.1 Å². The molecule has 1 aromatic carbocycles. The number of hydrogen-bond acceptors (Lipinski definition) is 3. The van der Waals surface area contributed by atoms with Gasteiger partial charge in [0.25, 0.3) is 6.43 Å². The quantitative estimate of drug-likeness (QED) is 0.788. The van der Waals surface area contributed by atoms with Crippen LogP contribution in [0.3, 0.4) is 0 Å². The maximum absolute atomic E-state index is 12.3. The lowest BCUT2D eigenvalue weighted by molar-refractivity contribution is 0.0709. The van der Waals surface area contributed by atoms with Gasteiger partial charge in [-0.15, -0.1) is 0 Å². The fraction of sp³-hybridized carbons (Fsp3) is 0.571. The van der Waals surface area contributed by atoms with E-state index in [0.717, 1.165) is 16.9 Å². The summed E-state index contributed by atoms with van der Waals surface area (Å²) in [5, 5.41) is 8.81. The van der Waals surface area contributed by atoms with E-state index in [-0.39, 0.29) is 19.7 Å². The van der Waals surface area contributed by atoms with Gasteiger partial charge in [0.05, 0.1) is 13.2 Å². The monoisotopic (exact) mass is 273 g/mol. The number of halogens is 2. The van der Waals surface area contributed by atoms with E-state index in [1.54, 1.807) is 0 Å². The van der Waals surface area contributed by atoms with Crippen molar-refractivity contribution < 1.29 is 18.6 Å². The van der Waals surface area contributed by atoms with Crippen LogP contribution in [0.25, 0.3) is 0 Å². The van der Waals surface area contributed by atoms with E-state index >= 15 is 0 Å². The molecule has 0 saturated carbocycles. The van der Waals surface area contributed by atoms with Gasteiger partial charge in [-0.25, -0.2) is 8.78 Å². The molecule has 0 unspecified atom stereocenters. The lowest BCUT2D eigenvalue weighted by atomic mass is 10.1. The number of benzene rings is 1. The predicted molar refractivity (Wildman–Crippen MR) is 70.9 cm³/mol. The zero-order valence-electron chi connectivity index (χ0n) is 11.4. The van der Waals surface area contributed by atoms with Gasteiger partial charge in [0.2, 0.25) is 0 Å². The summed E-state index contributed by atoms with van der Waals surface area (Å²) in [4.78, 5) is 1.49. The highest BCUT2D eigenvalue weighted by Gasteiger charge is 2.11. The first-order chi connectivity index (χ1) is 9.01. The largest absolute Gasteiger partial charge is 0.492 e. The SMILES string of the molecule is Cc1cc(C)cc(OCCN(CCO)CC(F)F)c1. The van der Waals surface area contributed by atoms with Crippen LogP contribution in [0, 0.1) is 13.8 Å². The molecular formula is C14H21F2NO2. The Bertz CT molecular complexity index is 365. The fourth-order valence-corrected chi connectivity index (χ4v) is 1.94. The minimum Gasteiger partial charge on any atom is -0.492 e. The van der Waals surface area contributed by atoms with Crippen molar-refractivity contribution in [3.63, 3.8) is 0 Å². The number of alkyl halides is 2. The molecule has 0 aliphatic rings. The van der Waals surface area contributed by atoms with Gasteiger partial charge < -0.3 is 9.84 Å². The van der Waals surface area contributed by atoms with E-state index in [0.29, 0.717) is 13.2 Å². The summed E-state index contributed by atoms with van der Waals surface area (Å²) >= 11 is 0. The molecule has 0 heterocycles. The number of ether oxygens (including phenoxy) is 1. The van der Waals surface area contributed by atoms with E-state index < -0.39 is 6.43 Å². The number of rotatable bonds is 8. The van der Waals surface area contributed by atoms with Gasteiger partial charge >= 0.3 is 0 Å². The molecule has 0 amide bonds. The average Bonchev–Trinajstić information content (AvgIpc) is 2.27. The highest BCUT2D eigenvalue weighted by atomic mass is 19.3. The first kappa shape index (κ1) is 15.9. The summed E-state index contributed by atoms with van der Waals surface area (Å²) in [6.45, 7) is 4.44. The highest BCUT2D eigenvalue weighted by Crippen LogP contribution is 2.16. The molecule has 0 radical (unpaired) electrons. The van der Waals surface area contributed by atoms with Gasteiger partial charge in [0.1, 0.15) is 12.4 Å². The van der Waals surface area contributed by atoms with E-state index in [1.807, 2.05) is 32.0 Å². The van der Waals surface area contributed by atoms with Crippen molar-refractivity contribution >= 4 is 0 Å². The van der Waals surface area contributed by atoms with Crippen LogP contribution in [-0.2, 0) is 0 Å². The smallest absolute Gasteiger partial charge is 0.251 e. The molecule has 0 fully saturated rings. The number of aliphatic hydroxyl groups excluding tert-OH is 1. The molecular weight excluding hydrogens is 252 g/mol. The van der Waals surface area contributed by atoms with Crippen molar-refractivity contribution in [3.05, 3.63) is 29.3 Å². The number of aliphatic hydroxyl groups is 1. The van der Waals surface area contributed by atoms with Crippen molar-refractivity contribution in [3.8, 4) is 5.75 Å². The van der Waals surface area contributed by atoms with Crippen LogP contribution >= 0.6 is 0 Å². The van der Waals surface area contributed by atoms with Gasteiger partial charge in [0.15, 0.2) is 0 Å². The molecule has 1 rings (SSSR count). The third-order valence-corrected chi connectivity index (χ3v) is 2.68. The van der Waals surface area contributed by atoms with Crippen LogP contribution in [0.15, 0.2) is 18.2 Å². The van der Waals surface area contributed by atoms with Gasteiger partial charge in [-0.1, -0.05) is 6.07 Å². The zero-order valence-corrected chi connectivity index (χ0v) is 11.4. The maximum Gasteiger partial charge on any atom is 0.251 e. The van der Waals surface area contributed by atoms with Crippen molar-refractivity contribution in [2.45, 2.75) is 20.3 Å². The third-order valence-electron chi connectivity index (χ3n) is 2.68. The predicted octanol–water partition coefficient (Wildman–Crippen LogP) is 2.24. The van der Waals surface area contributed by atoms with Crippen molar-refractivity contribution in [1.82, 2.24) is 4.90 Å². The third kappa shape index (κ3) is 6.50. The Hall–Kier alpha value is -1.20. The summed E-state index contributed by atoms with van der Waals surface area (Å²) < 4.78 is 30.2. The molecule has 0 bridgehead atoms. The maximum atomic E-state index is 12.3. The second-order valence-corrected chi connectivity index (χ2v) is 4.59. The molecule has 0 aromatic heterocycles. The average molecular weight is 273 g/mol. The van der Waals surface area contributed by atoms with Gasteiger partial charge in [0, 0.05) is 13.1 Å². The molecule has 0 saturated heterocycles. The topological polar surface area (TPSA) is 32.7 Å². The molecule has 0 aliphatic heterocycles. The van der Waals surface area contributed by atoms with Crippen LogP contribution in [0.4, 0.5) is 8.78 Å². The summed E-state index contributed by atoms with van der Waals surface area (Å²) in [5.41, 5.74) is 2.21. The van der Waals surface area contributed by atoms with Gasteiger partial charge in [-0.05, 0) is 37.1 Å².